The Bertz CT molecular complexity index is 603. The fraction of sp³-hybridized carbons (Fsp3) is 0.250. The number of allylic oxidation sites excluding steroid dienone is 2. The predicted octanol–water partition coefficient (Wildman–Crippen LogP) is 4.91. The highest BCUT2D eigenvalue weighted by Gasteiger charge is 2.38. The number of hydrogen-bond acceptors (Lipinski definition) is 4. The third kappa shape index (κ3) is 4.19. The number of halogens is 6. The molecule has 0 spiro atoms. The van der Waals surface area contributed by atoms with Gasteiger partial charge in [-0.2, -0.15) is 10.2 Å². The third-order valence-electron chi connectivity index (χ3n) is 2.71. The van der Waals surface area contributed by atoms with Crippen LogP contribution < -0.4 is 10.2 Å². The summed E-state index contributed by atoms with van der Waals surface area (Å²) in [6.07, 6.45) is 1.44. The van der Waals surface area contributed by atoms with Gasteiger partial charge in [-0.05, 0) is 17.7 Å². The molecule has 1 aromatic rings. The molecule has 2 rings (SSSR count). The van der Waals surface area contributed by atoms with Gasteiger partial charge in [0, 0.05) is 5.57 Å². The lowest BCUT2D eigenvalue weighted by Crippen LogP contribution is -2.46. The van der Waals surface area contributed by atoms with Crippen LogP contribution in [0.1, 0.15) is 5.56 Å². The van der Waals surface area contributed by atoms with Crippen molar-refractivity contribution in [1.29, 1.82) is 0 Å². The number of nitrogens with zero attached hydrogens (tertiary/aromatic N) is 2. The minimum Gasteiger partial charge on any atom is -0.497 e. The highest BCUT2D eigenvalue weighted by atomic mass is 35.6. The van der Waals surface area contributed by atoms with E-state index in [9.17, 15) is 0 Å². The van der Waals surface area contributed by atoms with Gasteiger partial charge in [-0.1, -0.05) is 81.7 Å². The van der Waals surface area contributed by atoms with Crippen LogP contribution >= 0.6 is 69.6 Å². The Hall–Kier alpha value is -0.230. The second-order valence-corrected chi connectivity index (χ2v) is 8.65. The summed E-state index contributed by atoms with van der Waals surface area (Å²) >= 11 is 35.3. The van der Waals surface area contributed by atoms with Crippen molar-refractivity contribution >= 4 is 81.4 Å². The number of alkyl halides is 6. The van der Waals surface area contributed by atoms with E-state index in [4.69, 9.17) is 74.3 Å². The number of methoxy groups -OCH3 is 1. The third-order valence-corrected chi connectivity index (χ3v) is 3.76. The topological polar surface area (TPSA) is 36.9 Å². The molecule has 4 nitrogen and oxygen atoms in total. The van der Waals surface area contributed by atoms with E-state index in [-0.39, 0.29) is 5.70 Å². The Labute approximate surface area is 157 Å². The van der Waals surface area contributed by atoms with Crippen molar-refractivity contribution in [2.24, 2.45) is 5.10 Å². The standard InChI is InChI=1S/C12H9Cl6N3O/c1-22-8-4-2-7(3-5-8)9-6-19-21(12(16,17)18)20-10(9)11(13,14)15/h2-6,20H,1H3. The number of hydrazine groups is 1. The van der Waals surface area contributed by atoms with Gasteiger partial charge in [-0.3, -0.25) is 5.43 Å². The Morgan fingerprint density at radius 1 is 1.05 bits per heavy atom. The molecule has 0 radical (unpaired) electrons. The molecule has 1 N–H and O–H groups in total. The summed E-state index contributed by atoms with van der Waals surface area (Å²) in [5.74, 6) is 0.698. The Kier molecular flexibility index (Phi) is 5.53. The van der Waals surface area contributed by atoms with E-state index < -0.39 is 7.71 Å². The van der Waals surface area contributed by atoms with E-state index >= 15 is 0 Å². The van der Waals surface area contributed by atoms with Crippen molar-refractivity contribution in [3.8, 4) is 5.75 Å². The van der Waals surface area contributed by atoms with Gasteiger partial charge in [0.2, 0.25) is 3.79 Å². The first-order valence-corrected chi connectivity index (χ1v) is 8.03. The lowest BCUT2D eigenvalue weighted by atomic mass is 10.0. The lowest BCUT2D eigenvalue weighted by Gasteiger charge is -2.34. The van der Waals surface area contributed by atoms with Crippen molar-refractivity contribution in [2.75, 3.05) is 7.11 Å². The van der Waals surface area contributed by atoms with Gasteiger partial charge >= 0.3 is 3.92 Å². The smallest absolute Gasteiger partial charge is 0.301 e. The van der Waals surface area contributed by atoms with E-state index in [0.717, 1.165) is 10.7 Å². The molecule has 0 saturated heterocycles. The summed E-state index contributed by atoms with van der Waals surface area (Å²) in [7, 11) is 1.57. The van der Waals surface area contributed by atoms with Gasteiger partial charge in [-0.25, -0.2) is 0 Å². The molecule has 10 heteroatoms. The van der Waals surface area contributed by atoms with Gasteiger partial charge in [0.15, 0.2) is 0 Å². The fourth-order valence-electron chi connectivity index (χ4n) is 1.71. The van der Waals surface area contributed by atoms with Crippen LogP contribution in [0.3, 0.4) is 0 Å². The Morgan fingerprint density at radius 3 is 2.09 bits per heavy atom. The molecule has 1 aliphatic heterocycles. The normalized spacial score (nSPS) is 15.9. The monoisotopic (exact) mass is 421 g/mol. The molecule has 0 fully saturated rings. The number of ether oxygens (including phenoxy) is 1. The van der Waals surface area contributed by atoms with Crippen molar-refractivity contribution in [3.63, 3.8) is 0 Å². The van der Waals surface area contributed by atoms with Crippen LogP contribution in [-0.2, 0) is 0 Å². The van der Waals surface area contributed by atoms with Crippen LogP contribution in [0.4, 0.5) is 0 Å². The number of benzene rings is 1. The molecular formula is C12H9Cl6N3O. The molecule has 0 aromatic heterocycles. The molecular weight excluding hydrogens is 415 g/mol. The second kappa shape index (κ2) is 6.71. The first-order valence-electron chi connectivity index (χ1n) is 5.76. The number of nitrogens with one attached hydrogen (secondary N) is 1. The molecule has 120 valence electrons. The van der Waals surface area contributed by atoms with Gasteiger partial charge in [0.25, 0.3) is 0 Å². The molecule has 1 aromatic carbocycles. The molecule has 1 aliphatic rings. The zero-order valence-electron chi connectivity index (χ0n) is 11.0. The molecule has 0 aliphatic carbocycles. The van der Waals surface area contributed by atoms with Gasteiger partial charge in [0.1, 0.15) is 5.75 Å². The molecule has 0 amide bonds. The largest absolute Gasteiger partial charge is 0.497 e. The van der Waals surface area contributed by atoms with Gasteiger partial charge in [-0.15, -0.1) is 0 Å². The molecule has 1 heterocycles. The summed E-state index contributed by atoms with van der Waals surface area (Å²) < 4.78 is 1.50. The molecule has 0 atom stereocenters. The second-order valence-electron chi connectivity index (χ2n) is 4.15. The van der Waals surface area contributed by atoms with E-state index in [1.165, 1.54) is 6.21 Å². The zero-order valence-corrected chi connectivity index (χ0v) is 15.5. The minimum absolute atomic E-state index is 0.212. The first-order chi connectivity index (χ1) is 10.1. The molecule has 0 unspecified atom stereocenters. The van der Waals surface area contributed by atoms with Crippen LogP contribution in [0.5, 0.6) is 5.75 Å². The number of hydrogen-bond donors (Lipinski definition) is 1. The van der Waals surface area contributed by atoms with Crippen molar-refractivity contribution in [2.45, 2.75) is 7.71 Å². The average molecular weight is 424 g/mol. The highest BCUT2D eigenvalue weighted by Crippen LogP contribution is 2.41. The van der Waals surface area contributed by atoms with Gasteiger partial charge < -0.3 is 4.74 Å². The predicted molar refractivity (Wildman–Crippen MR) is 94.0 cm³/mol. The van der Waals surface area contributed by atoms with Crippen molar-refractivity contribution < 1.29 is 4.74 Å². The zero-order chi connectivity index (χ0) is 16.5. The average Bonchev–Trinajstić information content (AvgIpc) is 2.45. The number of hydrazone groups is 1. The SMILES string of the molecule is COc1ccc(C2=C(C(Cl)(Cl)Cl)NN(C(Cl)(Cl)Cl)N=C2)cc1. The Morgan fingerprint density at radius 2 is 1.64 bits per heavy atom. The number of rotatable bonds is 2. The maximum absolute atomic E-state index is 6.00. The van der Waals surface area contributed by atoms with E-state index in [1.54, 1.807) is 31.4 Å². The van der Waals surface area contributed by atoms with E-state index in [0.29, 0.717) is 11.3 Å². The van der Waals surface area contributed by atoms with Crippen LogP contribution in [0.15, 0.2) is 35.1 Å². The minimum atomic E-state index is -1.84. The summed E-state index contributed by atoms with van der Waals surface area (Å²) in [4.78, 5) is 0. The maximum atomic E-state index is 6.00. The van der Waals surface area contributed by atoms with Crippen LogP contribution in [-0.4, -0.2) is 26.2 Å². The summed E-state index contributed by atoms with van der Waals surface area (Å²) in [6, 6.07) is 7.13. The lowest BCUT2D eigenvalue weighted by molar-refractivity contribution is 0.218. The fourth-order valence-corrected chi connectivity index (χ4v) is 2.40. The van der Waals surface area contributed by atoms with Crippen LogP contribution in [0.2, 0.25) is 0 Å². The molecule has 0 bridgehead atoms. The summed E-state index contributed by atoms with van der Waals surface area (Å²) in [5, 5.41) is 4.96. The maximum Gasteiger partial charge on any atom is 0.301 e. The van der Waals surface area contributed by atoms with Gasteiger partial charge in [0.05, 0.1) is 19.0 Å². The van der Waals surface area contributed by atoms with E-state index in [1.807, 2.05) is 0 Å². The summed E-state index contributed by atoms with van der Waals surface area (Å²) in [5.41, 5.74) is 4.22. The summed E-state index contributed by atoms with van der Waals surface area (Å²) in [6.45, 7) is 0. The van der Waals surface area contributed by atoms with Crippen LogP contribution in [0.25, 0.3) is 5.57 Å². The molecule has 0 saturated carbocycles. The highest BCUT2D eigenvalue weighted by molar-refractivity contribution is 6.70. The van der Waals surface area contributed by atoms with Crippen LogP contribution in [0, 0.1) is 0 Å². The first kappa shape index (κ1) is 18.1. The Balaban J connectivity index is 2.45. The van der Waals surface area contributed by atoms with Crippen molar-refractivity contribution in [1.82, 2.24) is 10.5 Å². The molecule has 22 heavy (non-hydrogen) atoms. The quantitative estimate of drug-likeness (QED) is 0.542. The van der Waals surface area contributed by atoms with Crippen molar-refractivity contribution in [3.05, 3.63) is 35.5 Å². The van der Waals surface area contributed by atoms with E-state index in [2.05, 4.69) is 10.5 Å².